The molecule has 0 bridgehead atoms. The molecule has 8 nitrogen and oxygen atoms in total. The number of anilines is 1. The largest absolute Gasteiger partial charge is 0.447 e. The summed E-state index contributed by atoms with van der Waals surface area (Å²) in [4.78, 5) is 33.4. The minimum atomic E-state index is -1.27. The lowest BCUT2D eigenvalue weighted by Gasteiger charge is -2.13. The number of carbonyl (C=O) groups excluding carboxylic acids is 2. The third kappa shape index (κ3) is 4.16. The van der Waals surface area contributed by atoms with Gasteiger partial charge in [0.1, 0.15) is 10.7 Å². The predicted octanol–water partition coefficient (Wildman–Crippen LogP) is 3.27. The SMILES string of the molecule is CC(OC(=O)c1ccc([N+](=O)[O-])o1)C(=O)Nc1ccc(Br)cc1F. The molecule has 1 atom stereocenters. The van der Waals surface area contributed by atoms with Gasteiger partial charge in [0.15, 0.2) is 6.10 Å². The van der Waals surface area contributed by atoms with E-state index >= 15 is 0 Å². The first-order chi connectivity index (χ1) is 11.3. The number of nitrogens with zero attached hydrogens (tertiary/aromatic N) is 1. The molecule has 2 aromatic rings. The van der Waals surface area contributed by atoms with Gasteiger partial charge >= 0.3 is 11.9 Å². The summed E-state index contributed by atoms with van der Waals surface area (Å²) in [7, 11) is 0. The molecule has 0 saturated heterocycles. The maximum atomic E-state index is 13.6. The average Bonchev–Trinajstić information content (AvgIpc) is 3.00. The van der Waals surface area contributed by atoms with Crippen LogP contribution in [0.4, 0.5) is 16.0 Å². The topological polar surface area (TPSA) is 112 Å². The van der Waals surface area contributed by atoms with Crippen molar-refractivity contribution < 1.29 is 28.1 Å². The highest BCUT2D eigenvalue weighted by Gasteiger charge is 2.24. The molecule has 0 fully saturated rings. The van der Waals surface area contributed by atoms with Gasteiger partial charge in [-0.1, -0.05) is 15.9 Å². The molecule has 10 heteroatoms. The van der Waals surface area contributed by atoms with E-state index in [1.807, 2.05) is 0 Å². The highest BCUT2D eigenvalue weighted by atomic mass is 79.9. The molecular weight excluding hydrogens is 391 g/mol. The number of nitro groups is 1. The molecule has 1 aromatic heterocycles. The Balaban J connectivity index is 2.00. The first kappa shape index (κ1) is 17.6. The zero-order valence-electron chi connectivity index (χ0n) is 12.1. The summed E-state index contributed by atoms with van der Waals surface area (Å²) in [5.74, 6) is -3.54. The maximum absolute atomic E-state index is 13.6. The summed E-state index contributed by atoms with van der Waals surface area (Å²) in [6.45, 7) is 1.27. The van der Waals surface area contributed by atoms with Crippen molar-refractivity contribution in [3.8, 4) is 0 Å². The third-order valence-corrected chi connectivity index (χ3v) is 3.31. The van der Waals surface area contributed by atoms with E-state index in [-0.39, 0.29) is 5.69 Å². The van der Waals surface area contributed by atoms with E-state index < -0.39 is 40.4 Å². The molecule has 24 heavy (non-hydrogen) atoms. The summed E-state index contributed by atoms with van der Waals surface area (Å²) in [6, 6.07) is 6.06. The third-order valence-electron chi connectivity index (χ3n) is 2.81. The number of esters is 1. The van der Waals surface area contributed by atoms with Crippen LogP contribution in [0.3, 0.4) is 0 Å². The van der Waals surface area contributed by atoms with Gasteiger partial charge in [-0.05, 0) is 31.2 Å². The molecule has 0 spiro atoms. The Morgan fingerprint density at radius 3 is 2.67 bits per heavy atom. The second-order valence-corrected chi connectivity index (χ2v) is 5.47. The van der Waals surface area contributed by atoms with Gasteiger partial charge in [-0.15, -0.1) is 0 Å². The maximum Gasteiger partial charge on any atom is 0.433 e. The van der Waals surface area contributed by atoms with Crippen LogP contribution in [0.1, 0.15) is 17.5 Å². The zero-order valence-corrected chi connectivity index (χ0v) is 13.7. The molecule has 0 aliphatic rings. The molecular formula is C14H10BrFN2O6. The van der Waals surface area contributed by atoms with Gasteiger partial charge in [0.05, 0.1) is 11.8 Å². The van der Waals surface area contributed by atoms with Crippen molar-refractivity contribution in [2.75, 3.05) is 5.32 Å². The van der Waals surface area contributed by atoms with Crippen LogP contribution in [-0.4, -0.2) is 22.9 Å². The fraction of sp³-hybridized carbons (Fsp3) is 0.143. The van der Waals surface area contributed by atoms with Crippen molar-refractivity contribution in [3.63, 3.8) is 0 Å². The number of halogens is 2. The number of ether oxygens (including phenoxy) is 1. The van der Waals surface area contributed by atoms with Crippen LogP contribution >= 0.6 is 15.9 Å². The Hall–Kier alpha value is -2.75. The van der Waals surface area contributed by atoms with Crippen molar-refractivity contribution >= 4 is 39.4 Å². The predicted molar refractivity (Wildman–Crippen MR) is 83.0 cm³/mol. The molecule has 1 amide bonds. The van der Waals surface area contributed by atoms with Crippen molar-refractivity contribution in [1.29, 1.82) is 0 Å². The van der Waals surface area contributed by atoms with E-state index in [1.165, 1.54) is 19.1 Å². The van der Waals surface area contributed by atoms with Crippen LogP contribution in [0.25, 0.3) is 0 Å². The second-order valence-electron chi connectivity index (χ2n) is 4.56. The minimum absolute atomic E-state index is 0.0836. The van der Waals surface area contributed by atoms with Gasteiger partial charge in [-0.25, -0.2) is 9.18 Å². The molecule has 0 aliphatic carbocycles. The first-order valence-corrected chi connectivity index (χ1v) is 7.28. The van der Waals surface area contributed by atoms with Crippen LogP contribution in [-0.2, 0) is 9.53 Å². The normalized spacial score (nSPS) is 11.6. The van der Waals surface area contributed by atoms with Crippen molar-refractivity contribution in [1.82, 2.24) is 0 Å². The Bertz CT molecular complexity index is 806. The number of amides is 1. The van der Waals surface area contributed by atoms with E-state index in [4.69, 9.17) is 4.74 Å². The van der Waals surface area contributed by atoms with Crippen LogP contribution in [0.5, 0.6) is 0 Å². The zero-order chi connectivity index (χ0) is 17.9. The van der Waals surface area contributed by atoms with Crippen molar-refractivity contribution in [2.24, 2.45) is 0 Å². The van der Waals surface area contributed by atoms with Gasteiger partial charge in [-0.3, -0.25) is 14.9 Å². The van der Waals surface area contributed by atoms with Crippen LogP contribution < -0.4 is 5.32 Å². The fourth-order valence-electron chi connectivity index (χ4n) is 1.63. The molecule has 0 radical (unpaired) electrons. The van der Waals surface area contributed by atoms with Crippen molar-refractivity contribution in [3.05, 3.63) is 56.5 Å². The standard InChI is InChI=1S/C14H10BrFN2O6/c1-7(13(19)17-10-3-2-8(15)6-9(10)16)23-14(20)11-4-5-12(24-11)18(21)22/h2-7H,1H3,(H,17,19). The molecule has 126 valence electrons. The lowest BCUT2D eigenvalue weighted by molar-refractivity contribution is -0.402. The quantitative estimate of drug-likeness (QED) is 0.468. The monoisotopic (exact) mass is 400 g/mol. The van der Waals surface area contributed by atoms with E-state index in [9.17, 15) is 24.1 Å². The molecule has 1 N–H and O–H groups in total. The number of benzene rings is 1. The van der Waals surface area contributed by atoms with Gasteiger partial charge in [-0.2, -0.15) is 0 Å². The molecule has 1 aromatic carbocycles. The Morgan fingerprint density at radius 1 is 1.38 bits per heavy atom. The molecule has 1 unspecified atom stereocenters. The fourth-order valence-corrected chi connectivity index (χ4v) is 1.97. The van der Waals surface area contributed by atoms with Crippen molar-refractivity contribution in [2.45, 2.75) is 13.0 Å². The van der Waals surface area contributed by atoms with Gasteiger partial charge in [0, 0.05) is 4.47 Å². The average molecular weight is 401 g/mol. The van der Waals surface area contributed by atoms with E-state index in [2.05, 4.69) is 25.7 Å². The number of nitrogens with one attached hydrogen (secondary N) is 1. The highest BCUT2D eigenvalue weighted by Crippen LogP contribution is 2.20. The lowest BCUT2D eigenvalue weighted by atomic mass is 10.3. The number of furan rings is 1. The first-order valence-electron chi connectivity index (χ1n) is 6.49. The molecule has 1 heterocycles. The summed E-state index contributed by atoms with van der Waals surface area (Å²) in [5.41, 5.74) is -0.0836. The van der Waals surface area contributed by atoms with Crippen LogP contribution in [0.2, 0.25) is 0 Å². The smallest absolute Gasteiger partial charge is 0.433 e. The van der Waals surface area contributed by atoms with E-state index in [0.29, 0.717) is 4.47 Å². The second kappa shape index (κ2) is 7.21. The summed E-state index contributed by atoms with van der Waals surface area (Å²) in [6.07, 6.45) is -1.27. The summed E-state index contributed by atoms with van der Waals surface area (Å²) < 4.78 is 23.6. The molecule has 0 aliphatic heterocycles. The molecule has 0 saturated carbocycles. The van der Waals surface area contributed by atoms with E-state index in [1.54, 1.807) is 0 Å². The van der Waals surface area contributed by atoms with Gasteiger partial charge in [0.2, 0.25) is 5.76 Å². The minimum Gasteiger partial charge on any atom is -0.447 e. The number of rotatable bonds is 5. The van der Waals surface area contributed by atoms with Gasteiger partial charge < -0.3 is 14.5 Å². The van der Waals surface area contributed by atoms with E-state index in [0.717, 1.165) is 18.2 Å². The summed E-state index contributed by atoms with van der Waals surface area (Å²) >= 11 is 3.08. The van der Waals surface area contributed by atoms with Crippen LogP contribution in [0, 0.1) is 15.9 Å². The Kier molecular flexibility index (Phi) is 5.29. The summed E-state index contributed by atoms with van der Waals surface area (Å²) in [5, 5.41) is 12.7. The lowest BCUT2D eigenvalue weighted by Crippen LogP contribution is -2.30. The number of hydrogen-bond acceptors (Lipinski definition) is 6. The highest BCUT2D eigenvalue weighted by molar-refractivity contribution is 9.10. The molecule has 2 rings (SSSR count). The number of carbonyl (C=O) groups is 2. The Morgan fingerprint density at radius 2 is 2.08 bits per heavy atom. The number of hydrogen-bond donors (Lipinski definition) is 1. The Labute approximate surface area is 142 Å². The van der Waals surface area contributed by atoms with Crippen LogP contribution in [0.15, 0.2) is 39.2 Å². The van der Waals surface area contributed by atoms with Gasteiger partial charge in [0.25, 0.3) is 5.91 Å².